The Balaban J connectivity index is 2.12. The van der Waals surface area contributed by atoms with Crippen molar-refractivity contribution in [3.63, 3.8) is 0 Å². The zero-order valence-corrected chi connectivity index (χ0v) is 13.1. The van der Waals surface area contributed by atoms with Crippen LogP contribution < -0.4 is 0 Å². The fraction of sp³-hybridized carbons (Fsp3) is 0.571. The van der Waals surface area contributed by atoms with Gasteiger partial charge in [0.05, 0.1) is 12.5 Å². The van der Waals surface area contributed by atoms with E-state index in [1.807, 2.05) is 0 Å². The number of carboxylic acids is 1. The number of likely N-dealkylation sites (tertiary alicyclic amines) is 1. The summed E-state index contributed by atoms with van der Waals surface area (Å²) in [5, 5.41) is 9.28. The van der Waals surface area contributed by atoms with Crippen LogP contribution in [0.15, 0.2) is 22.8 Å². The highest BCUT2D eigenvalue weighted by Crippen LogP contribution is 2.48. The lowest BCUT2D eigenvalue weighted by molar-refractivity contribution is -0.137. The Labute approximate surface area is 128 Å². The quantitative estimate of drug-likeness (QED) is 0.772. The van der Waals surface area contributed by atoms with Crippen LogP contribution in [0.1, 0.15) is 31.4 Å². The lowest BCUT2D eigenvalue weighted by Gasteiger charge is -2.26. The Morgan fingerprint density at radius 1 is 1.41 bits per heavy atom. The van der Waals surface area contributed by atoms with Crippen LogP contribution in [0.25, 0.3) is 0 Å². The molecule has 0 radical (unpaired) electrons. The summed E-state index contributed by atoms with van der Waals surface area (Å²) in [6.07, 6.45) is 3.57. The van der Waals surface area contributed by atoms with E-state index in [-0.39, 0.29) is 12.3 Å². The standard InChI is InChI=1S/C14H20NO6P/c16-13-6-2-1-3-7-15(13)10-22(19,20)12(14(17)18)9-11-5-4-8-21-11/h4-5,8,12H,1-3,6-7,9-10H2,(H,17,18)(H,19,20)/t12-/m1/s1. The van der Waals surface area contributed by atoms with Gasteiger partial charge >= 0.3 is 5.97 Å². The van der Waals surface area contributed by atoms with Crippen molar-refractivity contribution in [3.05, 3.63) is 24.2 Å². The maximum absolute atomic E-state index is 12.5. The fourth-order valence-electron chi connectivity index (χ4n) is 2.55. The molecule has 0 bridgehead atoms. The van der Waals surface area contributed by atoms with E-state index >= 15 is 0 Å². The number of carbonyl (C=O) groups is 2. The summed E-state index contributed by atoms with van der Waals surface area (Å²) in [6.45, 7) is 0.399. The molecular weight excluding hydrogens is 309 g/mol. The molecule has 2 atom stereocenters. The second-order valence-corrected chi connectivity index (χ2v) is 7.92. The van der Waals surface area contributed by atoms with Crippen molar-refractivity contribution in [2.45, 2.75) is 37.8 Å². The van der Waals surface area contributed by atoms with E-state index in [1.165, 1.54) is 11.2 Å². The smallest absolute Gasteiger partial charge is 0.316 e. The number of hydrogen-bond acceptors (Lipinski definition) is 4. The average Bonchev–Trinajstić information content (AvgIpc) is 2.88. The third-order valence-corrected chi connectivity index (χ3v) is 5.92. The minimum absolute atomic E-state index is 0.169. The van der Waals surface area contributed by atoms with Crippen molar-refractivity contribution < 1.29 is 28.6 Å². The molecule has 1 amide bonds. The third kappa shape index (κ3) is 4.21. The van der Waals surface area contributed by atoms with Crippen molar-refractivity contribution in [1.82, 2.24) is 4.90 Å². The molecule has 1 aromatic heterocycles. The largest absolute Gasteiger partial charge is 0.481 e. The van der Waals surface area contributed by atoms with Gasteiger partial charge in [-0.2, -0.15) is 0 Å². The molecule has 7 nitrogen and oxygen atoms in total. The molecule has 122 valence electrons. The van der Waals surface area contributed by atoms with E-state index in [4.69, 9.17) is 4.42 Å². The molecule has 22 heavy (non-hydrogen) atoms. The number of hydrogen-bond donors (Lipinski definition) is 2. The Morgan fingerprint density at radius 2 is 2.18 bits per heavy atom. The SMILES string of the molecule is O=C(O)[C@@H](Cc1ccco1)P(=O)(O)CN1CCCCCC1=O. The first kappa shape index (κ1) is 16.8. The van der Waals surface area contributed by atoms with Gasteiger partial charge in [-0.3, -0.25) is 14.2 Å². The number of nitrogens with zero attached hydrogens (tertiary/aromatic N) is 1. The number of carbonyl (C=O) groups excluding carboxylic acids is 1. The summed E-state index contributed by atoms with van der Waals surface area (Å²) in [5.41, 5.74) is -1.48. The second-order valence-electron chi connectivity index (χ2n) is 5.50. The Bertz CT molecular complexity index is 570. The van der Waals surface area contributed by atoms with Gasteiger partial charge in [0, 0.05) is 19.4 Å². The zero-order valence-electron chi connectivity index (χ0n) is 12.2. The lowest BCUT2D eigenvalue weighted by Crippen LogP contribution is -2.35. The van der Waals surface area contributed by atoms with Gasteiger partial charge in [-0.1, -0.05) is 6.42 Å². The molecule has 1 aliphatic rings. The van der Waals surface area contributed by atoms with Crippen molar-refractivity contribution in [2.24, 2.45) is 0 Å². The molecule has 8 heteroatoms. The molecule has 2 rings (SSSR count). The maximum Gasteiger partial charge on any atom is 0.316 e. The molecule has 1 unspecified atom stereocenters. The van der Waals surface area contributed by atoms with Crippen molar-refractivity contribution in [3.8, 4) is 0 Å². The van der Waals surface area contributed by atoms with Gasteiger partial charge in [0.2, 0.25) is 13.3 Å². The second kappa shape index (κ2) is 7.11. The normalized spacial score (nSPS) is 20.2. The summed E-state index contributed by atoms with van der Waals surface area (Å²) in [4.78, 5) is 34.9. The monoisotopic (exact) mass is 329 g/mol. The van der Waals surface area contributed by atoms with Crippen LogP contribution in [-0.4, -0.2) is 45.3 Å². The first-order valence-corrected chi connectivity index (χ1v) is 9.16. The average molecular weight is 329 g/mol. The minimum atomic E-state index is -4.08. The van der Waals surface area contributed by atoms with Crippen molar-refractivity contribution >= 4 is 19.2 Å². The summed E-state index contributed by atoms with van der Waals surface area (Å²) < 4.78 is 17.6. The number of amides is 1. The number of carboxylic acid groups (broad SMARTS) is 1. The highest BCUT2D eigenvalue weighted by atomic mass is 31.2. The molecule has 0 aromatic carbocycles. The topological polar surface area (TPSA) is 108 Å². The molecule has 1 fully saturated rings. The highest BCUT2D eigenvalue weighted by Gasteiger charge is 2.40. The first-order valence-electron chi connectivity index (χ1n) is 7.24. The third-order valence-electron chi connectivity index (χ3n) is 3.79. The van der Waals surface area contributed by atoms with Crippen LogP contribution in [0, 0.1) is 0 Å². The molecule has 2 heterocycles. The van der Waals surface area contributed by atoms with Gasteiger partial charge in [-0.25, -0.2) is 0 Å². The van der Waals surface area contributed by atoms with Crippen molar-refractivity contribution in [2.75, 3.05) is 12.8 Å². The molecule has 1 aromatic rings. The van der Waals surface area contributed by atoms with Crippen LogP contribution in [0.4, 0.5) is 0 Å². The summed E-state index contributed by atoms with van der Waals surface area (Å²) in [7, 11) is -4.08. The molecule has 1 aliphatic heterocycles. The molecular formula is C14H20NO6P. The molecule has 0 aliphatic carbocycles. The van der Waals surface area contributed by atoms with Crippen LogP contribution in [-0.2, 0) is 20.6 Å². The van der Waals surface area contributed by atoms with Gasteiger partial charge < -0.3 is 19.3 Å². The summed E-state index contributed by atoms with van der Waals surface area (Å²) >= 11 is 0. The van der Waals surface area contributed by atoms with Gasteiger partial charge in [0.25, 0.3) is 0 Å². The fourth-order valence-corrected chi connectivity index (χ4v) is 4.35. The minimum Gasteiger partial charge on any atom is -0.481 e. The Hall–Kier alpha value is -1.59. The summed E-state index contributed by atoms with van der Waals surface area (Å²) in [6, 6.07) is 3.15. The predicted molar refractivity (Wildman–Crippen MR) is 78.7 cm³/mol. The van der Waals surface area contributed by atoms with E-state index in [2.05, 4.69) is 0 Å². The molecule has 2 N–H and O–H groups in total. The number of furan rings is 1. The summed E-state index contributed by atoms with van der Waals surface area (Å²) in [5.74, 6) is -1.21. The Kier molecular flexibility index (Phi) is 5.42. The van der Waals surface area contributed by atoms with E-state index in [1.54, 1.807) is 12.1 Å². The number of aliphatic carboxylic acids is 1. The molecule has 1 saturated heterocycles. The first-order chi connectivity index (χ1) is 10.4. The molecule has 0 saturated carbocycles. The predicted octanol–water partition coefficient (Wildman–Crippen LogP) is 1.91. The van der Waals surface area contributed by atoms with Crippen LogP contribution in [0.5, 0.6) is 0 Å². The zero-order chi connectivity index (χ0) is 16.2. The highest BCUT2D eigenvalue weighted by molar-refractivity contribution is 7.59. The van der Waals surface area contributed by atoms with E-state index < -0.39 is 25.3 Å². The van der Waals surface area contributed by atoms with E-state index in [0.29, 0.717) is 18.7 Å². The number of rotatable bonds is 6. The van der Waals surface area contributed by atoms with Crippen LogP contribution in [0.3, 0.4) is 0 Å². The molecule has 0 spiro atoms. The lowest BCUT2D eigenvalue weighted by atomic mass is 10.2. The van der Waals surface area contributed by atoms with E-state index in [9.17, 15) is 24.2 Å². The van der Waals surface area contributed by atoms with Gasteiger partial charge in [-0.05, 0) is 25.0 Å². The van der Waals surface area contributed by atoms with Gasteiger partial charge in [-0.15, -0.1) is 0 Å². The van der Waals surface area contributed by atoms with Crippen LogP contribution in [0.2, 0.25) is 0 Å². The Morgan fingerprint density at radius 3 is 2.82 bits per heavy atom. The van der Waals surface area contributed by atoms with E-state index in [0.717, 1.165) is 19.3 Å². The van der Waals surface area contributed by atoms with Crippen LogP contribution >= 0.6 is 7.37 Å². The van der Waals surface area contributed by atoms with Gasteiger partial charge in [0.1, 0.15) is 11.4 Å². The maximum atomic E-state index is 12.5. The van der Waals surface area contributed by atoms with Crippen molar-refractivity contribution in [1.29, 1.82) is 0 Å². The van der Waals surface area contributed by atoms with Gasteiger partial charge in [0.15, 0.2) is 0 Å².